The molecule has 0 saturated heterocycles. The zero-order valence-corrected chi connectivity index (χ0v) is 10.9. The highest BCUT2D eigenvalue weighted by molar-refractivity contribution is 5.64. The van der Waals surface area contributed by atoms with Gasteiger partial charge in [0, 0.05) is 18.7 Å². The minimum atomic E-state index is -0.461. The van der Waals surface area contributed by atoms with Crippen molar-refractivity contribution in [2.45, 2.75) is 32.2 Å². The Labute approximate surface area is 112 Å². The van der Waals surface area contributed by atoms with Gasteiger partial charge >= 0.3 is 0 Å². The van der Waals surface area contributed by atoms with Crippen molar-refractivity contribution in [2.24, 2.45) is 5.73 Å². The Morgan fingerprint density at radius 2 is 2.32 bits per heavy atom. The summed E-state index contributed by atoms with van der Waals surface area (Å²) in [7, 11) is 0. The van der Waals surface area contributed by atoms with Crippen LogP contribution in [-0.2, 0) is 0 Å². The Morgan fingerprint density at radius 1 is 1.58 bits per heavy atom. The van der Waals surface area contributed by atoms with Gasteiger partial charge in [0.25, 0.3) is 5.69 Å². The van der Waals surface area contributed by atoms with E-state index in [2.05, 4.69) is 12.2 Å². The van der Waals surface area contributed by atoms with Crippen LogP contribution in [0.5, 0.6) is 0 Å². The maximum absolute atomic E-state index is 11.0. The van der Waals surface area contributed by atoms with E-state index < -0.39 is 4.92 Å². The number of hydrogen-bond acceptors (Lipinski definition) is 5. The molecule has 1 unspecified atom stereocenters. The molecule has 0 aromatic heterocycles. The summed E-state index contributed by atoms with van der Waals surface area (Å²) >= 11 is 0. The molecule has 102 valence electrons. The molecule has 1 atom stereocenters. The average Bonchev–Trinajstić information content (AvgIpc) is 2.42. The maximum atomic E-state index is 11.0. The van der Waals surface area contributed by atoms with Crippen molar-refractivity contribution in [1.82, 2.24) is 0 Å². The number of anilines is 1. The van der Waals surface area contributed by atoms with Crippen LogP contribution < -0.4 is 11.1 Å². The van der Waals surface area contributed by atoms with E-state index in [4.69, 9.17) is 11.0 Å². The molecule has 1 rings (SSSR count). The Bertz CT molecular complexity index is 482. The van der Waals surface area contributed by atoms with E-state index in [1.54, 1.807) is 0 Å². The molecule has 0 amide bonds. The normalized spacial score (nSPS) is 11.6. The third-order valence-electron chi connectivity index (χ3n) is 2.87. The Balaban J connectivity index is 2.96. The van der Waals surface area contributed by atoms with Crippen molar-refractivity contribution in [1.29, 1.82) is 5.26 Å². The third-order valence-corrected chi connectivity index (χ3v) is 2.87. The molecule has 0 fully saturated rings. The minimum absolute atomic E-state index is 0.0207. The SMILES string of the molecule is CCCCC(CN)Nc1cc(C#N)ccc1[N+](=O)[O-]. The highest BCUT2D eigenvalue weighted by Crippen LogP contribution is 2.26. The first kappa shape index (κ1) is 14.9. The molecule has 19 heavy (non-hydrogen) atoms. The Kier molecular flexibility index (Phi) is 5.76. The summed E-state index contributed by atoms with van der Waals surface area (Å²) in [5, 5.41) is 22.9. The first-order valence-electron chi connectivity index (χ1n) is 6.27. The average molecular weight is 262 g/mol. The fourth-order valence-electron chi connectivity index (χ4n) is 1.80. The van der Waals surface area contributed by atoms with E-state index in [-0.39, 0.29) is 11.7 Å². The van der Waals surface area contributed by atoms with Crippen molar-refractivity contribution in [3.63, 3.8) is 0 Å². The van der Waals surface area contributed by atoms with Crippen LogP contribution in [0.4, 0.5) is 11.4 Å². The minimum Gasteiger partial charge on any atom is -0.375 e. The number of nitro groups is 1. The molecule has 3 N–H and O–H groups in total. The number of nitrogens with one attached hydrogen (secondary N) is 1. The highest BCUT2D eigenvalue weighted by Gasteiger charge is 2.17. The van der Waals surface area contributed by atoms with E-state index in [1.807, 2.05) is 6.07 Å². The van der Waals surface area contributed by atoms with E-state index in [9.17, 15) is 10.1 Å². The predicted molar refractivity (Wildman–Crippen MR) is 73.8 cm³/mol. The molecule has 0 saturated carbocycles. The van der Waals surface area contributed by atoms with Gasteiger partial charge in [0.1, 0.15) is 5.69 Å². The highest BCUT2D eigenvalue weighted by atomic mass is 16.6. The molecule has 0 radical (unpaired) electrons. The first-order chi connectivity index (χ1) is 9.12. The number of nitriles is 1. The molecule has 0 spiro atoms. The quantitative estimate of drug-likeness (QED) is 0.579. The number of nitrogens with zero attached hydrogens (tertiary/aromatic N) is 2. The molecular formula is C13H18N4O2. The molecule has 6 heteroatoms. The van der Waals surface area contributed by atoms with Crippen LogP contribution in [0.25, 0.3) is 0 Å². The summed E-state index contributed by atoms with van der Waals surface area (Å²) in [5.41, 5.74) is 6.37. The summed E-state index contributed by atoms with van der Waals surface area (Å²) in [6, 6.07) is 6.22. The van der Waals surface area contributed by atoms with Crippen molar-refractivity contribution >= 4 is 11.4 Å². The second-order valence-corrected chi connectivity index (χ2v) is 4.32. The Morgan fingerprint density at radius 3 is 2.84 bits per heavy atom. The van der Waals surface area contributed by atoms with Crippen LogP contribution in [0.3, 0.4) is 0 Å². The fraction of sp³-hybridized carbons (Fsp3) is 0.462. The number of nitrogens with two attached hydrogens (primary N) is 1. The van der Waals surface area contributed by atoms with Crippen LogP contribution >= 0.6 is 0 Å². The lowest BCUT2D eigenvalue weighted by Gasteiger charge is -2.17. The number of benzene rings is 1. The molecule has 0 aliphatic rings. The van der Waals surface area contributed by atoms with Gasteiger partial charge in [0.05, 0.1) is 16.6 Å². The molecule has 0 aliphatic heterocycles. The molecule has 1 aromatic carbocycles. The largest absolute Gasteiger partial charge is 0.375 e. The molecule has 1 aromatic rings. The van der Waals surface area contributed by atoms with Crippen molar-refractivity contribution < 1.29 is 4.92 Å². The van der Waals surface area contributed by atoms with Gasteiger partial charge in [-0.15, -0.1) is 0 Å². The monoisotopic (exact) mass is 262 g/mol. The lowest BCUT2D eigenvalue weighted by molar-refractivity contribution is -0.384. The van der Waals surface area contributed by atoms with Crippen LogP contribution in [0.15, 0.2) is 18.2 Å². The summed E-state index contributed by atoms with van der Waals surface area (Å²) in [4.78, 5) is 10.5. The maximum Gasteiger partial charge on any atom is 0.292 e. The van der Waals surface area contributed by atoms with Gasteiger partial charge in [0.15, 0.2) is 0 Å². The van der Waals surface area contributed by atoms with E-state index >= 15 is 0 Å². The van der Waals surface area contributed by atoms with Crippen molar-refractivity contribution in [2.75, 3.05) is 11.9 Å². The van der Waals surface area contributed by atoms with Gasteiger partial charge in [-0.3, -0.25) is 10.1 Å². The molecular weight excluding hydrogens is 244 g/mol. The topological polar surface area (TPSA) is 105 Å². The van der Waals surface area contributed by atoms with Crippen molar-refractivity contribution in [3.05, 3.63) is 33.9 Å². The van der Waals surface area contributed by atoms with Gasteiger partial charge in [-0.25, -0.2) is 0 Å². The van der Waals surface area contributed by atoms with E-state index in [0.717, 1.165) is 19.3 Å². The van der Waals surface area contributed by atoms with Gasteiger partial charge in [-0.05, 0) is 18.6 Å². The number of nitro benzene ring substituents is 1. The standard InChI is InChI=1S/C13H18N4O2/c1-2-3-4-11(9-15)16-12-7-10(8-14)5-6-13(12)17(18)19/h5-7,11,16H,2-4,9,15H2,1H3. The number of rotatable bonds is 7. The van der Waals surface area contributed by atoms with E-state index in [0.29, 0.717) is 17.8 Å². The zero-order valence-electron chi connectivity index (χ0n) is 10.9. The summed E-state index contributed by atoms with van der Waals surface area (Å²) in [6.07, 6.45) is 2.89. The lowest BCUT2D eigenvalue weighted by Crippen LogP contribution is -2.29. The molecule has 6 nitrogen and oxygen atoms in total. The number of hydrogen-bond donors (Lipinski definition) is 2. The summed E-state index contributed by atoms with van der Waals surface area (Å²) in [5.74, 6) is 0. The Hall–Kier alpha value is -2.13. The van der Waals surface area contributed by atoms with Crippen LogP contribution in [0, 0.1) is 21.4 Å². The second kappa shape index (κ2) is 7.34. The molecule has 0 aliphatic carbocycles. The molecule has 0 heterocycles. The first-order valence-corrected chi connectivity index (χ1v) is 6.27. The van der Waals surface area contributed by atoms with Crippen LogP contribution in [0.2, 0.25) is 0 Å². The van der Waals surface area contributed by atoms with Gasteiger partial charge in [-0.1, -0.05) is 19.8 Å². The van der Waals surface area contributed by atoms with Crippen LogP contribution in [0.1, 0.15) is 31.7 Å². The fourth-order valence-corrected chi connectivity index (χ4v) is 1.80. The van der Waals surface area contributed by atoms with E-state index in [1.165, 1.54) is 18.2 Å². The predicted octanol–water partition coefficient (Wildman–Crippen LogP) is 2.40. The van der Waals surface area contributed by atoms with Crippen molar-refractivity contribution in [3.8, 4) is 6.07 Å². The summed E-state index contributed by atoms with van der Waals surface area (Å²) in [6.45, 7) is 2.47. The lowest BCUT2D eigenvalue weighted by atomic mass is 10.1. The molecule has 0 bridgehead atoms. The smallest absolute Gasteiger partial charge is 0.292 e. The van der Waals surface area contributed by atoms with Gasteiger partial charge < -0.3 is 11.1 Å². The zero-order chi connectivity index (χ0) is 14.3. The second-order valence-electron chi connectivity index (χ2n) is 4.32. The third kappa shape index (κ3) is 4.23. The van der Waals surface area contributed by atoms with Gasteiger partial charge in [0.2, 0.25) is 0 Å². The number of unbranched alkanes of at least 4 members (excludes halogenated alkanes) is 1. The van der Waals surface area contributed by atoms with Crippen LogP contribution in [-0.4, -0.2) is 17.5 Å². The van der Waals surface area contributed by atoms with Gasteiger partial charge in [-0.2, -0.15) is 5.26 Å². The summed E-state index contributed by atoms with van der Waals surface area (Å²) < 4.78 is 0.